The van der Waals surface area contributed by atoms with Crippen LogP contribution in [0, 0.1) is 18.3 Å². The van der Waals surface area contributed by atoms with Crippen LogP contribution in [0.4, 0.5) is 0 Å². The Morgan fingerprint density at radius 2 is 2.33 bits per heavy atom. The average molecular weight is 197 g/mol. The van der Waals surface area contributed by atoms with Gasteiger partial charge in [0.1, 0.15) is 0 Å². The summed E-state index contributed by atoms with van der Waals surface area (Å²) in [6.07, 6.45) is 18.1. The smallest absolute Gasteiger partial charge is 0.0500 e. The zero-order chi connectivity index (χ0) is 10.7. The van der Waals surface area contributed by atoms with E-state index in [9.17, 15) is 0 Å². The van der Waals surface area contributed by atoms with Crippen LogP contribution in [0.15, 0.2) is 47.3 Å². The van der Waals surface area contributed by atoms with Crippen molar-refractivity contribution in [3.05, 3.63) is 47.3 Å². The van der Waals surface area contributed by atoms with Crippen molar-refractivity contribution in [1.82, 2.24) is 5.32 Å². The maximum Gasteiger partial charge on any atom is 0.0500 e. The van der Waals surface area contributed by atoms with Crippen molar-refractivity contribution in [3.63, 3.8) is 0 Å². The maximum absolute atomic E-state index is 5.43. The monoisotopic (exact) mass is 197 g/mol. The van der Waals surface area contributed by atoms with Gasteiger partial charge in [0, 0.05) is 17.0 Å². The van der Waals surface area contributed by atoms with E-state index in [1.54, 1.807) is 0 Å². The highest BCUT2D eigenvalue weighted by Crippen LogP contribution is 2.22. The summed E-state index contributed by atoms with van der Waals surface area (Å²) in [4.78, 5) is 0. The Labute approximate surface area is 91.3 Å². The zero-order valence-corrected chi connectivity index (χ0v) is 8.96. The molecule has 0 spiro atoms. The lowest BCUT2D eigenvalue weighted by atomic mass is 9.98. The Bertz CT molecular complexity index is 413. The Morgan fingerprint density at radius 1 is 1.47 bits per heavy atom. The first-order chi connectivity index (χ1) is 7.31. The molecular formula is C14H15N. The van der Waals surface area contributed by atoms with Crippen LogP contribution >= 0.6 is 0 Å². The minimum Gasteiger partial charge on any atom is -0.358 e. The SMILES string of the molecule is C#CC1=CCC=C1NC1=CC=CCC1C. The number of hydrogen-bond acceptors (Lipinski definition) is 1. The topological polar surface area (TPSA) is 12.0 Å². The average Bonchev–Trinajstić information content (AvgIpc) is 2.69. The lowest BCUT2D eigenvalue weighted by molar-refractivity contribution is 0.639. The van der Waals surface area contributed by atoms with Gasteiger partial charge >= 0.3 is 0 Å². The largest absolute Gasteiger partial charge is 0.358 e. The molecule has 0 aromatic heterocycles. The van der Waals surface area contributed by atoms with Crippen LogP contribution in [0.25, 0.3) is 0 Å². The van der Waals surface area contributed by atoms with E-state index in [-0.39, 0.29) is 0 Å². The van der Waals surface area contributed by atoms with Crippen molar-refractivity contribution in [1.29, 1.82) is 0 Å². The van der Waals surface area contributed by atoms with Crippen LogP contribution in [0.5, 0.6) is 0 Å². The maximum atomic E-state index is 5.43. The zero-order valence-electron chi connectivity index (χ0n) is 8.96. The van der Waals surface area contributed by atoms with E-state index < -0.39 is 0 Å². The van der Waals surface area contributed by atoms with Crippen molar-refractivity contribution in [2.45, 2.75) is 19.8 Å². The van der Waals surface area contributed by atoms with Crippen molar-refractivity contribution < 1.29 is 0 Å². The molecule has 1 unspecified atom stereocenters. The first-order valence-corrected chi connectivity index (χ1v) is 5.32. The second kappa shape index (κ2) is 4.23. The molecule has 2 aliphatic carbocycles. The summed E-state index contributed by atoms with van der Waals surface area (Å²) in [5.74, 6) is 3.25. The van der Waals surface area contributed by atoms with Crippen molar-refractivity contribution in [2.75, 3.05) is 0 Å². The van der Waals surface area contributed by atoms with E-state index in [1.807, 2.05) is 0 Å². The number of rotatable bonds is 2. The quantitative estimate of drug-likeness (QED) is 0.671. The summed E-state index contributed by atoms with van der Waals surface area (Å²) in [7, 11) is 0. The van der Waals surface area contributed by atoms with Crippen LogP contribution in [-0.4, -0.2) is 0 Å². The van der Waals surface area contributed by atoms with Gasteiger partial charge in [-0.15, -0.1) is 6.42 Å². The molecule has 0 aliphatic heterocycles. The second-order valence-corrected chi connectivity index (χ2v) is 3.93. The van der Waals surface area contributed by atoms with Crippen LogP contribution in [0.1, 0.15) is 19.8 Å². The molecule has 1 atom stereocenters. The summed E-state index contributed by atoms with van der Waals surface area (Å²) in [6, 6.07) is 0. The molecule has 2 aliphatic rings. The third-order valence-corrected chi connectivity index (χ3v) is 2.80. The van der Waals surface area contributed by atoms with Crippen molar-refractivity contribution >= 4 is 0 Å². The van der Waals surface area contributed by atoms with Crippen LogP contribution in [0.2, 0.25) is 0 Å². The molecule has 0 fully saturated rings. The molecule has 1 nitrogen and oxygen atoms in total. The minimum atomic E-state index is 0.551. The number of terminal acetylenes is 1. The first-order valence-electron chi connectivity index (χ1n) is 5.32. The molecule has 0 heterocycles. The molecule has 76 valence electrons. The molecule has 0 aromatic carbocycles. The molecule has 15 heavy (non-hydrogen) atoms. The third kappa shape index (κ3) is 2.05. The van der Waals surface area contributed by atoms with Gasteiger partial charge in [0.05, 0.1) is 0 Å². The molecule has 2 rings (SSSR count). The van der Waals surface area contributed by atoms with Gasteiger partial charge in [-0.2, -0.15) is 0 Å². The Morgan fingerprint density at radius 3 is 3.07 bits per heavy atom. The van der Waals surface area contributed by atoms with E-state index in [1.165, 1.54) is 5.70 Å². The molecule has 0 radical (unpaired) electrons. The first kappa shape index (κ1) is 9.86. The normalized spacial score (nSPS) is 24.0. The van der Waals surface area contributed by atoms with Crippen molar-refractivity contribution in [3.8, 4) is 12.3 Å². The van der Waals surface area contributed by atoms with E-state index in [4.69, 9.17) is 6.42 Å². The molecule has 0 bridgehead atoms. The predicted molar refractivity (Wildman–Crippen MR) is 63.8 cm³/mol. The molecule has 1 N–H and O–H groups in total. The lowest BCUT2D eigenvalue weighted by Crippen LogP contribution is -2.19. The highest BCUT2D eigenvalue weighted by molar-refractivity contribution is 5.49. The third-order valence-electron chi connectivity index (χ3n) is 2.80. The standard InChI is InChI=1S/C14H15N/c1-3-12-8-6-10-14(12)15-13-9-5-4-7-11(13)2/h1,4-5,8-11,15H,6-7H2,2H3. The fourth-order valence-electron chi connectivity index (χ4n) is 1.84. The van der Waals surface area contributed by atoms with Gasteiger partial charge in [-0.05, 0) is 24.8 Å². The Kier molecular flexibility index (Phi) is 2.78. The highest BCUT2D eigenvalue weighted by Gasteiger charge is 2.14. The molecule has 0 saturated carbocycles. The van der Waals surface area contributed by atoms with Gasteiger partial charge in [-0.3, -0.25) is 0 Å². The van der Waals surface area contributed by atoms with Gasteiger partial charge in [0.2, 0.25) is 0 Å². The number of nitrogens with one attached hydrogen (secondary N) is 1. The van der Waals surface area contributed by atoms with E-state index in [0.29, 0.717) is 5.92 Å². The summed E-state index contributed by atoms with van der Waals surface area (Å²) in [5, 5.41) is 3.43. The van der Waals surface area contributed by atoms with Gasteiger partial charge in [-0.1, -0.05) is 37.1 Å². The minimum absolute atomic E-state index is 0.551. The lowest BCUT2D eigenvalue weighted by Gasteiger charge is -2.20. The van der Waals surface area contributed by atoms with E-state index >= 15 is 0 Å². The fourth-order valence-corrected chi connectivity index (χ4v) is 1.84. The van der Waals surface area contributed by atoms with Crippen LogP contribution in [-0.2, 0) is 0 Å². The summed E-state index contributed by atoms with van der Waals surface area (Å²) < 4.78 is 0. The second-order valence-electron chi connectivity index (χ2n) is 3.93. The summed E-state index contributed by atoms with van der Waals surface area (Å²) >= 11 is 0. The molecule has 0 aromatic rings. The Hall–Kier alpha value is -1.68. The highest BCUT2D eigenvalue weighted by atomic mass is 14.9. The Balaban J connectivity index is 2.10. The van der Waals surface area contributed by atoms with Crippen molar-refractivity contribution in [2.24, 2.45) is 5.92 Å². The summed E-state index contributed by atoms with van der Waals surface area (Å²) in [6.45, 7) is 2.22. The number of allylic oxidation sites excluding steroid dienone is 7. The summed E-state index contributed by atoms with van der Waals surface area (Å²) in [5.41, 5.74) is 3.33. The van der Waals surface area contributed by atoms with Gasteiger partial charge in [0.15, 0.2) is 0 Å². The molecule has 1 heteroatoms. The van der Waals surface area contributed by atoms with Gasteiger partial charge in [0.25, 0.3) is 0 Å². The number of hydrogen-bond donors (Lipinski definition) is 1. The van der Waals surface area contributed by atoms with Gasteiger partial charge < -0.3 is 5.32 Å². The van der Waals surface area contributed by atoms with E-state index in [2.05, 4.69) is 48.5 Å². The molecular weight excluding hydrogens is 182 g/mol. The van der Waals surface area contributed by atoms with Gasteiger partial charge in [-0.25, -0.2) is 0 Å². The van der Waals surface area contributed by atoms with E-state index in [0.717, 1.165) is 24.1 Å². The van der Waals surface area contributed by atoms with Crippen LogP contribution in [0.3, 0.4) is 0 Å². The molecule has 0 amide bonds. The van der Waals surface area contributed by atoms with Crippen LogP contribution < -0.4 is 5.32 Å². The predicted octanol–water partition coefficient (Wildman–Crippen LogP) is 2.90. The molecule has 0 saturated heterocycles. The fraction of sp³-hybridized carbons (Fsp3) is 0.286.